The highest BCUT2D eigenvalue weighted by molar-refractivity contribution is 5.97. The molecule has 1 fully saturated rings. The second-order valence-electron chi connectivity index (χ2n) is 8.17. The van der Waals surface area contributed by atoms with Crippen molar-refractivity contribution in [2.75, 3.05) is 51.4 Å². The third kappa shape index (κ3) is 8.62. The molecule has 6 nitrogen and oxygen atoms in total. The van der Waals surface area contributed by atoms with Crippen LogP contribution in [-0.2, 0) is 14.3 Å². The summed E-state index contributed by atoms with van der Waals surface area (Å²) in [6.45, 7) is 12.1. The van der Waals surface area contributed by atoms with E-state index in [-0.39, 0.29) is 5.91 Å². The van der Waals surface area contributed by atoms with Gasteiger partial charge in [-0.2, -0.15) is 0 Å². The molecule has 0 aliphatic carbocycles. The maximum atomic E-state index is 12.9. The Morgan fingerprint density at radius 3 is 2.47 bits per heavy atom. The summed E-state index contributed by atoms with van der Waals surface area (Å²) in [5.74, 6) is 0.745. The number of morpholine rings is 1. The quantitative estimate of drug-likeness (QED) is 0.449. The molecule has 0 bridgehead atoms. The molecule has 170 valence electrons. The Labute approximate surface area is 182 Å². The van der Waals surface area contributed by atoms with Crippen molar-refractivity contribution in [1.29, 1.82) is 0 Å². The molecule has 1 aromatic carbocycles. The lowest BCUT2D eigenvalue weighted by Gasteiger charge is -2.28. The topological polar surface area (TPSA) is 60.0 Å². The summed E-state index contributed by atoms with van der Waals surface area (Å²) in [7, 11) is 0. The van der Waals surface area contributed by atoms with Gasteiger partial charge in [0.25, 0.3) is 5.91 Å². The first-order valence-electron chi connectivity index (χ1n) is 11.6. The summed E-state index contributed by atoms with van der Waals surface area (Å²) in [5.41, 5.74) is -0.0256. The first-order valence-corrected chi connectivity index (χ1v) is 11.6. The number of unbranched alkanes of at least 4 members (excludes halogenated alkanes) is 2. The fraction of sp³-hybridized carbons (Fsp3) is 0.708. The van der Waals surface area contributed by atoms with E-state index in [0.29, 0.717) is 13.2 Å². The zero-order valence-corrected chi connectivity index (χ0v) is 19.1. The molecule has 0 saturated carbocycles. The van der Waals surface area contributed by atoms with Crippen LogP contribution in [0.5, 0.6) is 5.75 Å². The van der Waals surface area contributed by atoms with E-state index >= 15 is 0 Å². The van der Waals surface area contributed by atoms with Gasteiger partial charge in [-0.05, 0) is 50.5 Å². The fourth-order valence-corrected chi connectivity index (χ4v) is 3.49. The molecule has 1 N–H and O–H groups in total. The van der Waals surface area contributed by atoms with Crippen molar-refractivity contribution < 1.29 is 19.0 Å². The Morgan fingerprint density at radius 2 is 1.80 bits per heavy atom. The number of carbonyl (C=O) groups is 1. The van der Waals surface area contributed by atoms with Gasteiger partial charge in [-0.15, -0.1) is 0 Å². The summed E-state index contributed by atoms with van der Waals surface area (Å²) in [6.07, 6.45) is 5.84. The van der Waals surface area contributed by atoms with E-state index in [1.807, 2.05) is 31.2 Å². The van der Waals surface area contributed by atoms with E-state index in [9.17, 15) is 4.79 Å². The van der Waals surface area contributed by atoms with Crippen molar-refractivity contribution in [1.82, 2.24) is 4.90 Å². The highest BCUT2D eigenvalue weighted by atomic mass is 16.5. The lowest BCUT2D eigenvalue weighted by molar-refractivity contribution is -0.140. The van der Waals surface area contributed by atoms with Crippen LogP contribution in [0.15, 0.2) is 24.3 Å². The predicted octanol–water partition coefficient (Wildman–Crippen LogP) is 4.49. The molecule has 0 aromatic heterocycles. The SMILES string of the molecule is CCCCCC(C)(OCCC)C(=O)Nc1ccc(OCCCN2CCOCC2)cc1. The molecule has 30 heavy (non-hydrogen) atoms. The van der Waals surface area contributed by atoms with Gasteiger partial charge in [0.05, 0.1) is 19.8 Å². The number of amides is 1. The third-order valence-corrected chi connectivity index (χ3v) is 5.47. The summed E-state index contributed by atoms with van der Waals surface area (Å²) in [4.78, 5) is 15.3. The predicted molar refractivity (Wildman–Crippen MR) is 121 cm³/mol. The molecule has 0 radical (unpaired) electrons. The number of rotatable bonds is 14. The summed E-state index contributed by atoms with van der Waals surface area (Å²) in [5, 5.41) is 3.02. The number of hydrogen-bond acceptors (Lipinski definition) is 5. The lowest BCUT2D eigenvalue weighted by atomic mass is 9.96. The molecule has 1 amide bonds. The minimum atomic E-state index is -0.792. The van der Waals surface area contributed by atoms with Crippen LogP contribution >= 0.6 is 0 Å². The largest absolute Gasteiger partial charge is 0.494 e. The molecule has 0 spiro atoms. The molecular weight excluding hydrogens is 380 g/mol. The number of ether oxygens (including phenoxy) is 3. The van der Waals surface area contributed by atoms with Crippen LogP contribution in [0.25, 0.3) is 0 Å². The van der Waals surface area contributed by atoms with E-state index in [2.05, 4.69) is 24.1 Å². The Kier molecular flexibility index (Phi) is 11.2. The lowest BCUT2D eigenvalue weighted by Crippen LogP contribution is -2.43. The van der Waals surface area contributed by atoms with Gasteiger partial charge in [-0.1, -0.05) is 33.1 Å². The fourth-order valence-electron chi connectivity index (χ4n) is 3.49. The number of carbonyl (C=O) groups excluding carboxylic acids is 1. The average molecular weight is 421 g/mol. The van der Waals surface area contributed by atoms with E-state index in [4.69, 9.17) is 14.2 Å². The zero-order valence-electron chi connectivity index (χ0n) is 19.1. The minimum absolute atomic E-state index is 0.0776. The van der Waals surface area contributed by atoms with Crippen molar-refractivity contribution in [2.45, 2.75) is 64.9 Å². The summed E-state index contributed by atoms with van der Waals surface area (Å²) < 4.78 is 17.2. The highest BCUT2D eigenvalue weighted by Gasteiger charge is 2.33. The summed E-state index contributed by atoms with van der Waals surface area (Å²) >= 11 is 0. The van der Waals surface area contributed by atoms with E-state index in [1.54, 1.807) is 0 Å². The molecule has 1 aliphatic rings. The molecule has 2 rings (SSSR count). The smallest absolute Gasteiger partial charge is 0.256 e. The Hall–Kier alpha value is -1.63. The number of hydrogen-bond donors (Lipinski definition) is 1. The van der Waals surface area contributed by atoms with Crippen molar-refractivity contribution in [3.63, 3.8) is 0 Å². The van der Waals surface area contributed by atoms with E-state index < -0.39 is 5.60 Å². The first-order chi connectivity index (χ1) is 14.6. The summed E-state index contributed by atoms with van der Waals surface area (Å²) in [6, 6.07) is 7.60. The molecule has 1 aliphatic heterocycles. The van der Waals surface area contributed by atoms with E-state index in [0.717, 1.165) is 82.8 Å². The maximum Gasteiger partial charge on any atom is 0.256 e. The van der Waals surface area contributed by atoms with Gasteiger partial charge in [0.2, 0.25) is 0 Å². The molecule has 6 heteroatoms. The molecule has 1 unspecified atom stereocenters. The van der Waals surface area contributed by atoms with Gasteiger partial charge >= 0.3 is 0 Å². The van der Waals surface area contributed by atoms with Crippen LogP contribution < -0.4 is 10.1 Å². The maximum absolute atomic E-state index is 12.9. The van der Waals surface area contributed by atoms with Crippen molar-refractivity contribution >= 4 is 11.6 Å². The minimum Gasteiger partial charge on any atom is -0.494 e. The van der Waals surface area contributed by atoms with Gasteiger partial charge < -0.3 is 19.5 Å². The molecule has 1 heterocycles. The van der Waals surface area contributed by atoms with Crippen LogP contribution in [0.1, 0.15) is 59.3 Å². The number of benzene rings is 1. The zero-order chi connectivity index (χ0) is 21.7. The second-order valence-corrected chi connectivity index (χ2v) is 8.17. The highest BCUT2D eigenvalue weighted by Crippen LogP contribution is 2.23. The van der Waals surface area contributed by atoms with Gasteiger partial charge in [-0.25, -0.2) is 0 Å². The number of nitrogens with one attached hydrogen (secondary N) is 1. The van der Waals surface area contributed by atoms with Crippen LogP contribution in [-0.4, -0.2) is 62.5 Å². The van der Waals surface area contributed by atoms with Gasteiger partial charge in [0.1, 0.15) is 11.4 Å². The second kappa shape index (κ2) is 13.6. The van der Waals surface area contributed by atoms with Crippen molar-refractivity contribution in [3.05, 3.63) is 24.3 Å². The first kappa shape index (κ1) is 24.6. The third-order valence-electron chi connectivity index (χ3n) is 5.47. The van der Waals surface area contributed by atoms with Crippen LogP contribution in [0.3, 0.4) is 0 Å². The van der Waals surface area contributed by atoms with E-state index in [1.165, 1.54) is 0 Å². The standard InChI is InChI=1S/C24H40N2O4/c1-4-6-7-13-24(3,30-17-5-2)23(27)25-21-9-11-22(12-10-21)29-18-8-14-26-15-19-28-20-16-26/h9-12H,4-8,13-20H2,1-3H3,(H,25,27). The average Bonchev–Trinajstić information content (AvgIpc) is 2.77. The Balaban J connectivity index is 1.78. The van der Waals surface area contributed by atoms with Crippen molar-refractivity contribution in [2.24, 2.45) is 0 Å². The monoisotopic (exact) mass is 420 g/mol. The molecule has 1 aromatic rings. The Morgan fingerprint density at radius 1 is 1.07 bits per heavy atom. The van der Waals surface area contributed by atoms with Gasteiger partial charge in [-0.3, -0.25) is 9.69 Å². The molecule has 1 saturated heterocycles. The Bertz CT molecular complexity index is 602. The van der Waals surface area contributed by atoms with Gasteiger partial charge in [0, 0.05) is 31.9 Å². The number of nitrogens with zero attached hydrogens (tertiary/aromatic N) is 1. The molecule has 1 atom stereocenters. The van der Waals surface area contributed by atoms with Gasteiger partial charge in [0.15, 0.2) is 0 Å². The molecular formula is C24H40N2O4. The van der Waals surface area contributed by atoms with Crippen LogP contribution in [0.4, 0.5) is 5.69 Å². The van der Waals surface area contributed by atoms with Crippen molar-refractivity contribution in [3.8, 4) is 5.75 Å². The normalized spacial score (nSPS) is 16.8. The van der Waals surface area contributed by atoms with Crippen LogP contribution in [0.2, 0.25) is 0 Å². The number of anilines is 1. The van der Waals surface area contributed by atoms with Crippen LogP contribution in [0, 0.1) is 0 Å².